The molecule has 2 aromatic rings. The van der Waals surface area contributed by atoms with Crippen molar-refractivity contribution in [3.63, 3.8) is 0 Å². The number of rotatable bonds is 4. The van der Waals surface area contributed by atoms with E-state index in [1.165, 1.54) is 7.11 Å². The largest absolute Gasteiger partial charge is 0.495 e. The molecule has 0 unspecified atom stereocenters. The van der Waals surface area contributed by atoms with Gasteiger partial charge in [-0.1, -0.05) is 12.1 Å². The highest BCUT2D eigenvalue weighted by molar-refractivity contribution is 6.04. The van der Waals surface area contributed by atoms with Gasteiger partial charge in [-0.3, -0.25) is 24.7 Å². The van der Waals surface area contributed by atoms with Crippen LogP contribution < -0.4 is 32.0 Å². The number of para-hydroxylation sites is 2. The second-order valence-corrected chi connectivity index (χ2v) is 5.66. The Labute approximate surface area is 152 Å². The number of hydrogen-bond donors (Lipinski definition) is 5. The molecule has 4 amide bonds. The number of urea groups is 1. The number of benzene rings is 1. The van der Waals surface area contributed by atoms with Crippen LogP contribution >= 0.6 is 0 Å². The summed E-state index contributed by atoms with van der Waals surface area (Å²) in [5.74, 6) is -2.07. The summed E-state index contributed by atoms with van der Waals surface area (Å²) in [6.07, 6.45) is -0.309. The van der Waals surface area contributed by atoms with E-state index >= 15 is 0 Å². The lowest BCUT2D eigenvalue weighted by molar-refractivity contribution is -0.125. The van der Waals surface area contributed by atoms with E-state index in [-0.39, 0.29) is 23.8 Å². The maximum absolute atomic E-state index is 12.5. The molecule has 11 nitrogen and oxygen atoms in total. The van der Waals surface area contributed by atoms with Gasteiger partial charge in [-0.2, -0.15) is 4.98 Å². The monoisotopic (exact) mass is 372 g/mol. The highest BCUT2D eigenvalue weighted by atomic mass is 16.5. The topological polar surface area (TPSA) is 168 Å². The molecule has 2 heterocycles. The Bertz CT molecular complexity index is 986. The van der Waals surface area contributed by atoms with Crippen LogP contribution in [0.5, 0.6) is 5.75 Å². The molecule has 140 valence electrons. The van der Waals surface area contributed by atoms with E-state index < -0.39 is 29.3 Å². The van der Waals surface area contributed by atoms with Crippen molar-refractivity contribution in [1.29, 1.82) is 0 Å². The summed E-state index contributed by atoms with van der Waals surface area (Å²) in [4.78, 5) is 54.1. The van der Waals surface area contributed by atoms with Gasteiger partial charge in [0, 0.05) is 6.42 Å². The normalized spacial score (nSPS) is 15.3. The lowest BCUT2D eigenvalue weighted by Gasteiger charge is -2.23. The van der Waals surface area contributed by atoms with Gasteiger partial charge in [0.2, 0.25) is 17.8 Å². The molecule has 0 aliphatic carbocycles. The molecule has 0 bridgehead atoms. The number of primary amides is 1. The summed E-state index contributed by atoms with van der Waals surface area (Å²) in [7, 11) is 1.49. The Morgan fingerprint density at radius 1 is 1.30 bits per heavy atom. The Morgan fingerprint density at radius 2 is 2.04 bits per heavy atom. The zero-order chi connectivity index (χ0) is 19.6. The Hall–Kier alpha value is -3.89. The molecule has 1 aliphatic heterocycles. The number of H-pyrrole nitrogens is 1. The molecular weight excluding hydrogens is 356 g/mol. The van der Waals surface area contributed by atoms with Crippen LogP contribution in [0.2, 0.25) is 0 Å². The van der Waals surface area contributed by atoms with Crippen molar-refractivity contribution in [2.24, 2.45) is 5.73 Å². The van der Waals surface area contributed by atoms with Crippen LogP contribution in [0.1, 0.15) is 17.9 Å². The molecule has 1 aromatic heterocycles. The Balaban J connectivity index is 1.99. The summed E-state index contributed by atoms with van der Waals surface area (Å²) in [6, 6.07) is 5.87. The van der Waals surface area contributed by atoms with Gasteiger partial charge in [0.15, 0.2) is 0 Å². The van der Waals surface area contributed by atoms with Crippen LogP contribution in [0.25, 0.3) is 0 Å². The van der Waals surface area contributed by atoms with E-state index in [2.05, 4.69) is 20.6 Å². The molecule has 0 radical (unpaired) electrons. The van der Waals surface area contributed by atoms with Crippen molar-refractivity contribution in [3.8, 4) is 5.75 Å². The minimum absolute atomic E-state index is 0.0412. The standard InChI is InChI=1S/C16H16N6O5/c1-27-9-5-3-2-4-8(9)18-16-20-12-11(14(25)22-16)7(6-10(23)19-12)13(24)21-15(17)26/h2-5,7H,6H2,1H3,(H3,17,21,24,26)(H3,18,19,20,22,23,25)/t7-/m1/s1. The van der Waals surface area contributed by atoms with Gasteiger partial charge in [0.25, 0.3) is 5.56 Å². The smallest absolute Gasteiger partial charge is 0.318 e. The molecule has 27 heavy (non-hydrogen) atoms. The first-order valence-corrected chi connectivity index (χ1v) is 7.83. The zero-order valence-electron chi connectivity index (χ0n) is 14.2. The fourth-order valence-corrected chi connectivity index (χ4v) is 2.74. The van der Waals surface area contributed by atoms with E-state index in [0.29, 0.717) is 11.4 Å². The SMILES string of the molecule is COc1ccccc1Nc1nc2c(c(=O)[nH]1)[C@H](C(=O)NC(N)=O)CC(=O)N2. The van der Waals surface area contributed by atoms with Crippen LogP contribution in [0.3, 0.4) is 0 Å². The summed E-state index contributed by atoms with van der Waals surface area (Å²) in [5, 5.41) is 7.22. The molecule has 1 aromatic carbocycles. The number of anilines is 3. The van der Waals surface area contributed by atoms with Gasteiger partial charge in [0.05, 0.1) is 24.3 Å². The molecule has 1 atom stereocenters. The molecular formula is C16H16N6O5. The number of amides is 4. The first-order valence-electron chi connectivity index (χ1n) is 7.83. The van der Waals surface area contributed by atoms with Crippen molar-refractivity contribution >= 4 is 35.3 Å². The third-order valence-electron chi connectivity index (χ3n) is 3.87. The summed E-state index contributed by atoms with van der Waals surface area (Å²) >= 11 is 0. The summed E-state index contributed by atoms with van der Waals surface area (Å²) in [6.45, 7) is 0. The Morgan fingerprint density at radius 3 is 2.74 bits per heavy atom. The van der Waals surface area contributed by atoms with E-state index in [0.717, 1.165) is 0 Å². The number of nitrogens with two attached hydrogens (primary N) is 1. The molecule has 11 heteroatoms. The number of fused-ring (bicyclic) bond motifs is 1. The predicted octanol–water partition coefficient (Wildman–Crippen LogP) is 0.143. The fraction of sp³-hybridized carbons (Fsp3) is 0.188. The van der Waals surface area contributed by atoms with E-state index in [9.17, 15) is 19.2 Å². The van der Waals surface area contributed by atoms with Gasteiger partial charge >= 0.3 is 6.03 Å². The molecule has 0 saturated carbocycles. The number of carbonyl (C=O) groups is 3. The first-order chi connectivity index (χ1) is 12.9. The number of imide groups is 1. The quantitative estimate of drug-likeness (QED) is 0.508. The number of hydrogen-bond acceptors (Lipinski definition) is 7. The molecule has 0 saturated heterocycles. The number of methoxy groups -OCH3 is 1. The number of aromatic amines is 1. The summed E-state index contributed by atoms with van der Waals surface area (Å²) in [5.41, 5.74) is 4.78. The molecule has 0 spiro atoms. The highest BCUT2D eigenvalue weighted by Crippen LogP contribution is 2.30. The number of nitrogens with zero attached hydrogens (tertiary/aromatic N) is 1. The van der Waals surface area contributed by atoms with Gasteiger partial charge in [-0.25, -0.2) is 4.79 Å². The molecule has 3 rings (SSSR count). The van der Waals surface area contributed by atoms with Crippen LogP contribution in [0.4, 0.5) is 22.2 Å². The van der Waals surface area contributed by atoms with Crippen molar-refractivity contribution in [1.82, 2.24) is 15.3 Å². The van der Waals surface area contributed by atoms with Gasteiger partial charge in [0.1, 0.15) is 11.6 Å². The fourth-order valence-electron chi connectivity index (χ4n) is 2.74. The third-order valence-corrected chi connectivity index (χ3v) is 3.87. The first kappa shape index (κ1) is 17.9. The van der Waals surface area contributed by atoms with Gasteiger partial charge in [-0.15, -0.1) is 0 Å². The van der Waals surface area contributed by atoms with Crippen molar-refractivity contribution in [2.75, 3.05) is 17.7 Å². The lowest BCUT2D eigenvalue weighted by atomic mass is 9.92. The van der Waals surface area contributed by atoms with Crippen LogP contribution in [-0.4, -0.2) is 34.9 Å². The Kier molecular flexibility index (Phi) is 4.75. The molecule has 1 aliphatic rings. The highest BCUT2D eigenvalue weighted by Gasteiger charge is 2.35. The number of carbonyl (C=O) groups excluding carboxylic acids is 3. The average Bonchev–Trinajstić information content (AvgIpc) is 2.60. The molecule has 0 fully saturated rings. The number of nitrogens with one attached hydrogen (secondary N) is 4. The summed E-state index contributed by atoms with van der Waals surface area (Å²) < 4.78 is 5.21. The van der Waals surface area contributed by atoms with Gasteiger partial charge < -0.3 is 21.1 Å². The van der Waals surface area contributed by atoms with Crippen LogP contribution in [0, 0.1) is 0 Å². The lowest BCUT2D eigenvalue weighted by Crippen LogP contribution is -2.43. The van der Waals surface area contributed by atoms with E-state index in [1.54, 1.807) is 24.3 Å². The van der Waals surface area contributed by atoms with Crippen molar-refractivity contribution in [2.45, 2.75) is 12.3 Å². The maximum Gasteiger partial charge on any atom is 0.318 e. The second-order valence-electron chi connectivity index (χ2n) is 5.66. The minimum Gasteiger partial charge on any atom is -0.495 e. The van der Waals surface area contributed by atoms with E-state index in [4.69, 9.17) is 10.5 Å². The van der Waals surface area contributed by atoms with Gasteiger partial charge in [-0.05, 0) is 12.1 Å². The second kappa shape index (κ2) is 7.15. The predicted molar refractivity (Wildman–Crippen MR) is 94.8 cm³/mol. The molecule has 6 N–H and O–H groups in total. The van der Waals surface area contributed by atoms with E-state index in [1.807, 2.05) is 5.32 Å². The average molecular weight is 372 g/mol. The van der Waals surface area contributed by atoms with Crippen molar-refractivity contribution in [3.05, 3.63) is 40.2 Å². The maximum atomic E-state index is 12.5. The van der Waals surface area contributed by atoms with Crippen molar-refractivity contribution < 1.29 is 19.1 Å². The van der Waals surface area contributed by atoms with Crippen LogP contribution in [-0.2, 0) is 9.59 Å². The zero-order valence-corrected chi connectivity index (χ0v) is 14.2. The number of ether oxygens (including phenoxy) is 1. The van der Waals surface area contributed by atoms with Crippen LogP contribution in [0.15, 0.2) is 29.1 Å². The minimum atomic E-state index is -1.18. The third kappa shape index (κ3) is 3.71. The number of aromatic nitrogens is 2.